The van der Waals surface area contributed by atoms with Crippen molar-refractivity contribution in [3.05, 3.63) is 29.8 Å². The van der Waals surface area contributed by atoms with E-state index in [1.54, 1.807) is 0 Å². The van der Waals surface area contributed by atoms with E-state index in [0.29, 0.717) is 6.04 Å². The molecule has 0 aromatic heterocycles. The van der Waals surface area contributed by atoms with Crippen LogP contribution in [0.1, 0.15) is 37.6 Å². The minimum absolute atomic E-state index is 0. The van der Waals surface area contributed by atoms with Crippen molar-refractivity contribution in [2.45, 2.75) is 39.3 Å². The van der Waals surface area contributed by atoms with E-state index >= 15 is 0 Å². The van der Waals surface area contributed by atoms with Crippen LogP contribution in [0.25, 0.3) is 0 Å². The molecule has 0 bridgehead atoms. The molecule has 6 heteroatoms. The zero-order valence-electron chi connectivity index (χ0n) is 14.4. The van der Waals surface area contributed by atoms with Gasteiger partial charge in [-0.05, 0) is 44.5 Å². The van der Waals surface area contributed by atoms with Crippen molar-refractivity contribution in [3.8, 4) is 0 Å². The third-order valence-electron chi connectivity index (χ3n) is 4.41. The molecule has 0 spiro atoms. The van der Waals surface area contributed by atoms with E-state index in [1.165, 1.54) is 0 Å². The molecule has 1 fully saturated rings. The molecule has 0 radical (unpaired) electrons. The van der Waals surface area contributed by atoms with E-state index in [-0.39, 0.29) is 36.8 Å². The van der Waals surface area contributed by atoms with Gasteiger partial charge >= 0.3 is 0 Å². The first-order chi connectivity index (χ1) is 10.0. The average molecular weight is 362 g/mol. The van der Waals surface area contributed by atoms with Gasteiger partial charge in [0.05, 0.1) is 0 Å². The highest BCUT2D eigenvalue weighted by atomic mass is 35.5. The molecule has 1 N–H and O–H groups in total. The predicted octanol–water partition coefficient (Wildman–Crippen LogP) is 3.20. The minimum atomic E-state index is 0. The van der Waals surface area contributed by atoms with Crippen LogP contribution in [0.3, 0.4) is 0 Å². The molecular weight excluding hydrogens is 333 g/mol. The Morgan fingerprint density at radius 2 is 1.87 bits per heavy atom. The second kappa shape index (κ2) is 10.0. The standard InChI is InChI=1S/C17H27N3O.2ClH/c1-5-11-19(4)16-8-6-15(7-9-16)17(21)20-12-10-18-13(2)14(20)3;;/h6-9,13-14,18H,5,10-12H2,1-4H3;2*1H. The van der Waals surface area contributed by atoms with Crippen molar-refractivity contribution in [2.75, 3.05) is 31.6 Å². The van der Waals surface area contributed by atoms with Gasteiger partial charge in [-0.1, -0.05) is 6.92 Å². The zero-order valence-corrected chi connectivity index (χ0v) is 16.0. The lowest BCUT2D eigenvalue weighted by atomic mass is 10.1. The van der Waals surface area contributed by atoms with Crippen LogP contribution < -0.4 is 10.2 Å². The second-order valence-electron chi connectivity index (χ2n) is 5.95. The molecule has 1 aromatic carbocycles. The Hall–Kier alpha value is -0.970. The molecule has 4 nitrogen and oxygen atoms in total. The molecular formula is C17H29Cl2N3O. The van der Waals surface area contributed by atoms with Crippen LogP contribution in [-0.4, -0.2) is 49.6 Å². The lowest BCUT2D eigenvalue weighted by Crippen LogP contribution is -2.57. The Morgan fingerprint density at radius 1 is 1.26 bits per heavy atom. The fourth-order valence-corrected chi connectivity index (χ4v) is 2.83. The van der Waals surface area contributed by atoms with E-state index in [9.17, 15) is 4.79 Å². The molecule has 1 aliphatic heterocycles. The first-order valence-electron chi connectivity index (χ1n) is 7.90. The topological polar surface area (TPSA) is 35.6 Å². The van der Waals surface area contributed by atoms with Crippen molar-refractivity contribution < 1.29 is 4.79 Å². The van der Waals surface area contributed by atoms with Gasteiger partial charge in [0.2, 0.25) is 0 Å². The number of rotatable bonds is 4. The minimum Gasteiger partial charge on any atom is -0.375 e. The molecule has 2 rings (SSSR count). The van der Waals surface area contributed by atoms with Gasteiger partial charge < -0.3 is 15.1 Å². The smallest absolute Gasteiger partial charge is 0.254 e. The van der Waals surface area contributed by atoms with Gasteiger partial charge in [0.1, 0.15) is 0 Å². The highest BCUT2D eigenvalue weighted by molar-refractivity contribution is 5.95. The summed E-state index contributed by atoms with van der Waals surface area (Å²) < 4.78 is 0. The van der Waals surface area contributed by atoms with Crippen molar-refractivity contribution in [1.82, 2.24) is 10.2 Å². The molecule has 1 heterocycles. The molecule has 1 amide bonds. The second-order valence-corrected chi connectivity index (χ2v) is 5.95. The third-order valence-corrected chi connectivity index (χ3v) is 4.41. The van der Waals surface area contributed by atoms with E-state index < -0.39 is 0 Å². The SMILES string of the molecule is CCCN(C)c1ccc(C(=O)N2CCNC(C)C2C)cc1.Cl.Cl. The van der Waals surface area contributed by atoms with Crippen molar-refractivity contribution in [1.29, 1.82) is 0 Å². The maximum atomic E-state index is 12.6. The maximum Gasteiger partial charge on any atom is 0.254 e. The molecule has 0 saturated carbocycles. The van der Waals surface area contributed by atoms with Crippen molar-refractivity contribution in [3.63, 3.8) is 0 Å². The summed E-state index contributed by atoms with van der Waals surface area (Å²) >= 11 is 0. The highest BCUT2D eigenvalue weighted by Crippen LogP contribution is 2.18. The van der Waals surface area contributed by atoms with Crippen LogP contribution >= 0.6 is 24.8 Å². The van der Waals surface area contributed by atoms with Gasteiger partial charge in [-0.15, -0.1) is 24.8 Å². The number of nitrogens with one attached hydrogen (secondary N) is 1. The Morgan fingerprint density at radius 3 is 2.43 bits per heavy atom. The number of hydrogen-bond acceptors (Lipinski definition) is 3. The van der Waals surface area contributed by atoms with Gasteiger partial charge in [-0.3, -0.25) is 4.79 Å². The number of carbonyl (C=O) groups excluding carboxylic acids is 1. The normalized spacial score (nSPS) is 20.3. The Labute approximate surface area is 152 Å². The maximum absolute atomic E-state index is 12.6. The van der Waals surface area contributed by atoms with Gasteiger partial charge in [-0.2, -0.15) is 0 Å². The summed E-state index contributed by atoms with van der Waals surface area (Å²) in [7, 11) is 2.08. The molecule has 1 saturated heterocycles. The highest BCUT2D eigenvalue weighted by Gasteiger charge is 2.28. The number of halogens is 2. The largest absolute Gasteiger partial charge is 0.375 e. The van der Waals surface area contributed by atoms with Crippen LogP contribution in [0.4, 0.5) is 5.69 Å². The Kier molecular flexibility index (Phi) is 9.59. The van der Waals surface area contributed by atoms with E-state index in [4.69, 9.17) is 0 Å². The fraction of sp³-hybridized carbons (Fsp3) is 0.588. The number of carbonyl (C=O) groups is 1. The average Bonchev–Trinajstić information content (AvgIpc) is 2.50. The van der Waals surface area contributed by atoms with Gasteiger partial charge in [-0.25, -0.2) is 0 Å². The number of piperazine rings is 1. The fourth-order valence-electron chi connectivity index (χ4n) is 2.83. The summed E-state index contributed by atoms with van der Waals surface area (Å²) in [6.45, 7) is 9.09. The summed E-state index contributed by atoms with van der Waals surface area (Å²) in [4.78, 5) is 16.8. The predicted molar refractivity (Wildman–Crippen MR) is 102 cm³/mol. The quantitative estimate of drug-likeness (QED) is 0.894. The lowest BCUT2D eigenvalue weighted by molar-refractivity contribution is 0.0603. The monoisotopic (exact) mass is 361 g/mol. The number of anilines is 1. The van der Waals surface area contributed by atoms with Crippen LogP contribution in [-0.2, 0) is 0 Å². The number of hydrogen-bond donors (Lipinski definition) is 1. The summed E-state index contributed by atoms with van der Waals surface area (Å²) in [6, 6.07) is 8.55. The van der Waals surface area contributed by atoms with Crippen LogP contribution in [0.15, 0.2) is 24.3 Å². The Balaban J connectivity index is 0.00000242. The van der Waals surface area contributed by atoms with Gasteiger partial charge in [0.25, 0.3) is 5.91 Å². The molecule has 0 aliphatic carbocycles. The van der Waals surface area contributed by atoms with Gasteiger partial charge in [0.15, 0.2) is 0 Å². The summed E-state index contributed by atoms with van der Waals surface area (Å²) in [5.41, 5.74) is 1.94. The van der Waals surface area contributed by atoms with E-state index in [2.05, 4.69) is 38.0 Å². The summed E-state index contributed by atoms with van der Waals surface area (Å²) in [5, 5.41) is 3.41. The van der Waals surface area contributed by atoms with E-state index in [1.807, 2.05) is 29.2 Å². The molecule has 132 valence electrons. The first-order valence-corrected chi connectivity index (χ1v) is 7.90. The molecule has 2 atom stereocenters. The summed E-state index contributed by atoms with van der Waals surface area (Å²) in [5.74, 6) is 0.139. The van der Waals surface area contributed by atoms with E-state index in [0.717, 1.165) is 37.3 Å². The zero-order chi connectivity index (χ0) is 15.4. The number of amides is 1. The lowest BCUT2D eigenvalue weighted by Gasteiger charge is -2.38. The van der Waals surface area contributed by atoms with Crippen LogP contribution in [0, 0.1) is 0 Å². The van der Waals surface area contributed by atoms with Crippen molar-refractivity contribution in [2.24, 2.45) is 0 Å². The molecule has 23 heavy (non-hydrogen) atoms. The van der Waals surface area contributed by atoms with Gasteiger partial charge in [0, 0.05) is 50.0 Å². The third kappa shape index (κ3) is 5.27. The Bertz CT molecular complexity index is 481. The molecule has 1 aromatic rings. The molecule has 1 aliphatic rings. The van der Waals surface area contributed by atoms with Crippen molar-refractivity contribution >= 4 is 36.4 Å². The number of benzene rings is 1. The van der Waals surface area contributed by atoms with Crippen LogP contribution in [0.2, 0.25) is 0 Å². The number of nitrogens with zero attached hydrogens (tertiary/aromatic N) is 2. The summed E-state index contributed by atoms with van der Waals surface area (Å²) in [6.07, 6.45) is 1.12. The molecule has 2 unspecified atom stereocenters. The van der Waals surface area contributed by atoms with Crippen LogP contribution in [0.5, 0.6) is 0 Å². The first kappa shape index (κ1) is 22.0.